The maximum absolute atomic E-state index is 5.41. The maximum Gasteiger partial charge on any atom is 0.161 e. The lowest BCUT2D eigenvalue weighted by molar-refractivity contribution is 0.352. The summed E-state index contributed by atoms with van der Waals surface area (Å²) in [5, 5.41) is 3.60. The van der Waals surface area contributed by atoms with Gasteiger partial charge in [-0.15, -0.1) is 0 Å². The molecular formula is C18H21NO2. The van der Waals surface area contributed by atoms with Gasteiger partial charge in [-0.05, 0) is 42.2 Å². The Bertz CT molecular complexity index is 634. The lowest BCUT2D eigenvalue weighted by Crippen LogP contribution is -2.28. The van der Waals surface area contributed by atoms with Crippen LogP contribution >= 0.6 is 0 Å². The van der Waals surface area contributed by atoms with E-state index in [4.69, 9.17) is 9.47 Å². The molecule has 110 valence electrons. The number of ether oxygens (including phenoxy) is 2. The van der Waals surface area contributed by atoms with Gasteiger partial charge in [0.15, 0.2) is 11.5 Å². The average molecular weight is 283 g/mol. The van der Waals surface area contributed by atoms with Crippen LogP contribution in [0, 0.1) is 6.92 Å². The zero-order chi connectivity index (χ0) is 14.8. The van der Waals surface area contributed by atoms with E-state index in [9.17, 15) is 0 Å². The summed E-state index contributed by atoms with van der Waals surface area (Å²) < 4.78 is 10.8. The van der Waals surface area contributed by atoms with Crippen LogP contribution in [-0.2, 0) is 13.0 Å². The van der Waals surface area contributed by atoms with Crippen molar-refractivity contribution < 1.29 is 9.47 Å². The highest BCUT2D eigenvalue weighted by Gasteiger charge is 2.21. The summed E-state index contributed by atoms with van der Waals surface area (Å²) in [5.41, 5.74) is 5.25. The van der Waals surface area contributed by atoms with Gasteiger partial charge in [0.1, 0.15) is 0 Å². The van der Waals surface area contributed by atoms with Crippen molar-refractivity contribution in [3.63, 3.8) is 0 Å². The third kappa shape index (κ3) is 2.74. The Morgan fingerprint density at radius 2 is 1.57 bits per heavy atom. The van der Waals surface area contributed by atoms with Gasteiger partial charge in [-0.25, -0.2) is 0 Å². The fourth-order valence-corrected chi connectivity index (χ4v) is 2.88. The highest BCUT2D eigenvalue weighted by molar-refractivity contribution is 5.49. The van der Waals surface area contributed by atoms with E-state index in [-0.39, 0.29) is 0 Å². The molecule has 0 amide bonds. The van der Waals surface area contributed by atoms with Crippen molar-refractivity contribution in [2.45, 2.75) is 25.9 Å². The molecule has 0 aromatic heterocycles. The van der Waals surface area contributed by atoms with Gasteiger partial charge in [0, 0.05) is 12.6 Å². The second kappa shape index (κ2) is 5.78. The van der Waals surface area contributed by atoms with Crippen LogP contribution < -0.4 is 14.8 Å². The summed E-state index contributed by atoms with van der Waals surface area (Å²) in [5.74, 6) is 1.60. The van der Waals surface area contributed by atoms with Crippen LogP contribution in [-0.4, -0.2) is 14.2 Å². The van der Waals surface area contributed by atoms with Crippen LogP contribution in [0.25, 0.3) is 0 Å². The van der Waals surface area contributed by atoms with Crippen molar-refractivity contribution in [3.8, 4) is 11.5 Å². The first kappa shape index (κ1) is 14.0. The van der Waals surface area contributed by atoms with Gasteiger partial charge in [-0.3, -0.25) is 0 Å². The third-order valence-corrected chi connectivity index (χ3v) is 4.15. The van der Waals surface area contributed by atoms with Crippen LogP contribution in [0.1, 0.15) is 28.3 Å². The predicted octanol–water partition coefficient (Wildman–Crippen LogP) is 3.40. The van der Waals surface area contributed by atoms with Crippen LogP contribution in [0.2, 0.25) is 0 Å². The van der Waals surface area contributed by atoms with Crippen molar-refractivity contribution in [1.29, 1.82) is 0 Å². The Labute approximate surface area is 125 Å². The monoisotopic (exact) mass is 283 g/mol. The number of nitrogens with one attached hydrogen (secondary N) is 1. The molecular weight excluding hydrogens is 262 g/mol. The SMILES string of the molecule is COc1cc2c(cc1OC)C[C@@H](c1ccc(C)cc1)NC2. The molecule has 2 aromatic rings. The van der Waals surface area contributed by atoms with Gasteiger partial charge in [-0.2, -0.15) is 0 Å². The first-order chi connectivity index (χ1) is 10.2. The fourth-order valence-electron chi connectivity index (χ4n) is 2.88. The van der Waals surface area contributed by atoms with E-state index in [0.29, 0.717) is 6.04 Å². The standard InChI is InChI=1S/C18H21NO2/c1-12-4-6-13(7-5-12)16-8-14-9-17(20-2)18(21-3)10-15(14)11-19-16/h4-7,9-10,16,19H,8,11H2,1-3H3/t16-/m0/s1. The van der Waals surface area contributed by atoms with Crippen molar-refractivity contribution in [2.24, 2.45) is 0 Å². The van der Waals surface area contributed by atoms with E-state index in [2.05, 4.69) is 48.6 Å². The zero-order valence-corrected chi connectivity index (χ0v) is 12.8. The van der Waals surface area contributed by atoms with Crippen molar-refractivity contribution in [3.05, 3.63) is 58.7 Å². The van der Waals surface area contributed by atoms with Crippen molar-refractivity contribution in [1.82, 2.24) is 5.32 Å². The minimum Gasteiger partial charge on any atom is -0.493 e. The molecule has 1 N–H and O–H groups in total. The molecule has 0 saturated heterocycles. The Morgan fingerprint density at radius 1 is 0.952 bits per heavy atom. The highest BCUT2D eigenvalue weighted by Crippen LogP contribution is 2.35. The smallest absolute Gasteiger partial charge is 0.161 e. The molecule has 0 spiro atoms. The minimum absolute atomic E-state index is 0.358. The minimum atomic E-state index is 0.358. The van der Waals surface area contributed by atoms with Gasteiger partial charge in [0.25, 0.3) is 0 Å². The largest absolute Gasteiger partial charge is 0.493 e. The number of benzene rings is 2. The Hall–Kier alpha value is -2.00. The number of aryl methyl sites for hydroxylation is 1. The topological polar surface area (TPSA) is 30.5 Å². The van der Waals surface area contributed by atoms with Gasteiger partial charge in [0.2, 0.25) is 0 Å². The Balaban J connectivity index is 1.89. The molecule has 0 saturated carbocycles. The zero-order valence-electron chi connectivity index (χ0n) is 12.8. The number of methoxy groups -OCH3 is 2. The maximum atomic E-state index is 5.41. The lowest BCUT2D eigenvalue weighted by atomic mass is 9.91. The first-order valence-electron chi connectivity index (χ1n) is 7.25. The quantitative estimate of drug-likeness (QED) is 0.936. The van der Waals surface area contributed by atoms with E-state index in [1.165, 1.54) is 22.3 Å². The number of hydrogen-bond donors (Lipinski definition) is 1. The lowest BCUT2D eigenvalue weighted by Gasteiger charge is -2.27. The molecule has 3 rings (SSSR count). The second-order valence-corrected chi connectivity index (χ2v) is 5.52. The Morgan fingerprint density at radius 3 is 2.19 bits per heavy atom. The molecule has 0 aliphatic carbocycles. The van der Waals surface area contributed by atoms with Crippen LogP contribution in [0.5, 0.6) is 11.5 Å². The third-order valence-electron chi connectivity index (χ3n) is 4.15. The summed E-state index contributed by atoms with van der Waals surface area (Å²) in [6.07, 6.45) is 0.971. The average Bonchev–Trinajstić information content (AvgIpc) is 2.53. The van der Waals surface area contributed by atoms with Gasteiger partial charge in [0.05, 0.1) is 14.2 Å². The molecule has 1 aliphatic rings. The first-order valence-corrected chi connectivity index (χ1v) is 7.25. The van der Waals surface area contributed by atoms with Crippen LogP contribution in [0.15, 0.2) is 36.4 Å². The van der Waals surface area contributed by atoms with Gasteiger partial charge in [-0.1, -0.05) is 29.8 Å². The Kier molecular flexibility index (Phi) is 3.84. The van der Waals surface area contributed by atoms with E-state index in [0.717, 1.165) is 24.5 Å². The summed E-state index contributed by atoms with van der Waals surface area (Å²) >= 11 is 0. The second-order valence-electron chi connectivity index (χ2n) is 5.52. The van der Waals surface area contributed by atoms with Crippen molar-refractivity contribution in [2.75, 3.05) is 14.2 Å². The summed E-state index contributed by atoms with van der Waals surface area (Å²) in [7, 11) is 3.36. The molecule has 0 fully saturated rings. The molecule has 0 unspecified atom stereocenters. The molecule has 1 heterocycles. The number of hydrogen-bond acceptors (Lipinski definition) is 3. The summed E-state index contributed by atoms with van der Waals surface area (Å²) in [4.78, 5) is 0. The van der Waals surface area contributed by atoms with Crippen LogP contribution in [0.3, 0.4) is 0 Å². The molecule has 0 bridgehead atoms. The van der Waals surface area contributed by atoms with Gasteiger partial charge < -0.3 is 14.8 Å². The molecule has 2 aromatic carbocycles. The van der Waals surface area contributed by atoms with E-state index < -0.39 is 0 Å². The highest BCUT2D eigenvalue weighted by atomic mass is 16.5. The van der Waals surface area contributed by atoms with E-state index >= 15 is 0 Å². The molecule has 3 heteroatoms. The fraction of sp³-hybridized carbons (Fsp3) is 0.333. The molecule has 0 radical (unpaired) electrons. The van der Waals surface area contributed by atoms with Crippen molar-refractivity contribution >= 4 is 0 Å². The predicted molar refractivity (Wildman–Crippen MR) is 84.0 cm³/mol. The molecule has 21 heavy (non-hydrogen) atoms. The molecule has 1 aliphatic heterocycles. The molecule has 3 nitrogen and oxygen atoms in total. The van der Waals surface area contributed by atoms with Crippen LogP contribution in [0.4, 0.5) is 0 Å². The summed E-state index contributed by atoms with van der Waals surface area (Å²) in [6, 6.07) is 13.3. The number of rotatable bonds is 3. The summed E-state index contributed by atoms with van der Waals surface area (Å²) in [6.45, 7) is 2.97. The van der Waals surface area contributed by atoms with E-state index in [1.54, 1.807) is 14.2 Å². The van der Waals surface area contributed by atoms with E-state index in [1.807, 2.05) is 0 Å². The normalized spacial score (nSPS) is 17.2. The van der Waals surface area contributed by atoms with Gasteiger partial charge >= 0.3 is 0 Å². The number of fused-ring (bicyclic) bond motifs is 1. The molecule has 1 atom stereocenters.